The average molecular weight is 293 g/mol. The first kappa shape index (κ1) is 13.1. The van der Waals surface area contributed by atoms with Gasteiger partial charge >= 0.3 is 0 Å². The maximum absolute atomic E-state index is 5.99. The van der Waals surface area contributed by atoms with Gasteiger partial charge in [-0.05, 0) is 24.3 Å². The molecule has 2 aliphatic rings. The third-order valence-electron chi connectivity index (χ3n) is 4.36. The topological polar surface area (TPSA) is 57.2 Å². The Morgan fingerprint density at radius 3 is 2.23 bits per heavy atom. The van der Waals surface area contributed by atoms with Gasteiger partial charge in [0, 0.05) is 31.9 Å². The second kappa shape index (κ2) is 5.33. The fraction of sp³-hybridized carbons (Fsp3) is 0.294. The van der Waals surface area contributed by atoms with Gasteiger partial charge in [0.25, 0.3) is 0 Å². The molecule has 0 unspecified atom stereocenters. The normalized spacial score (nSPS) is 16.9. The first-order valence-corrected chi connectivity index (χ1v) is 7.65. The number of anilines is 3. The maximum Gasteiger partial charge on any atom is 0.131 e. The van der Waals surface area contributed by atoms with E-state index in [4.69, 9.17) is 5.73 Å². The number of nitrogen functional groups attached to an aromatic ring is 1. The molecule has 5 heteroatoms. The Bertz CT molecular complexity index is 792. The summed E-state index contributed by atoms with van der Waals surface area (Å²) in [5, 5.41) is 1.83. The number of para-hydroxylation sites is 1. The van der Waals surface area contributed by atoms with Gasteiger partial charge in [-0.15, -0.1) is 0 Å². The van der Waals surface area contributed by atoms with Crippen LogP contribution in [0.4, 0.5) is 17.1 Å². The zero-order valence-electron chi connectivity index (χ0n) is 12.4. The Kier molecular flexibility index (Phi) is 3.18. The van der Waals surface area contributed by atoms with Crippen molar-refractivity contribution in [3.05, 3.63) is 53.2 Å². The van der Waals surface area contributed by atoms with Crippen LogP contribution in [0, 0.1) is 0 Å². The monoisotopic (exact) mass is 293 g/mol. The Hall–Kier alpha value is -2.56. The van der Waals surface area contributed by atoms with Gasteiger partial charge in [-0.2, -0.15) is 0 Å². The number of nitrogens with zero attached hydrogens (tertiary/aromatic N) is 4. The Morgan fingerprint density at radius 2 is 1.45 bits per heavy atom. The molecule has 2 aliphatic heterocycles. The van der Waals surface area contributed by atoms with Crippen LogP contribution in [-0.4, -0.2) is 32.8 Å². The van der Waals surface area contributed by atoms with E-state index in [-0.39, 0.29) is 0 Å². The molecule has 0 aromatic heterocycles. The van der Waals surface area contributed by atoms with Crippen LogP contribution in [0.25, 0.3) is 0 Å². The summed E-state index contributed by atoms with van der Waals surface area (Å²) < 4.78 is 0. The third kappa shape index (κ3) is 2.19. The minimum absolute atomic E-state index is 0.501. The van der Waals surface area contributed by atoms with Gasteiger partial charge in [0.05, 0.1) is 11.4 Å². The van der Waals surface area contributed by atoms with Gasteiger partial charge in [0.2, 0.25) is 0 Å². The standard InChI is InChI=1S/C17H19N5/c18-14-6-7-15(17-16(14)19-12-20-17)22-10-8-21(9-11-22)13-4-2-1-3-5-13/h1-7H,8-12,18H2. The molecule has 0 amide bonds. The molecule has 2 aromatic rings. The van der Waals surface area contributed by atoms with E-state index < -0.39 is 0 Å². The number of fused-ring (bicyclic) bond motifs is 1. The minimum atomic E-state index is 0.501. The van der Waals surface area contributed by atoms with Crippen LogP contribution in [0.3, 0.4) is 0 Å². The highest BCUT2D eigenvalue weighted by atomic mass is 15.3. The van der Waals surface area contributed by atoms with E-state index in [1.165, 1.54) is 5.69 Å². The Labute approximate surface area is 129 Å². The van der Waals surface area contributed by atoms with Crippen molar-refractivity contribution in [3.63, 3.8) is 0 Å². The van der Waals surface area contributed by atoms with Crippen molar-refractivity contribution < 1.29 is 0 Å². The van der Waals surface area contributed by atoms with Gasteiger partial charge in [0.15, 0.2) is 0 Å². The van der Waals surface area contributed by atoms with Crippen LogP contribution in [0.1, 0.15) is 0 Å². The number of hydrogen-bond donors (Lipinski definition) is 1. The summed E-state index contributed by atoms with van der Waals surface area (Å²) >= 11 is 0. The van der Waals surface area contributed by atoms with Crippen molar-refractivity contribution in [3.8, 4) is 0 Å². The van der Waals surface area contributed by atoms with Gasteiger partial charge in [-0.25, -0.2) is 0 Å². The Morgan fingerprint density at radius 1 is 0.773 bits per heavy atom. The van der Waals surface area contributed by atoms with Crippen LogP contribution in [0.15, 0.2) is 52.4 Å². The lowest BCUT2D eigenvalue weighted by Crippen LogP contribution is -2.48. The molecule has 5 nitrogen and oxygen atoms in total. The lowest BCUT2D eigenvalue weighted by Gasteiger charge is -2.37. The van der Waals surface area contributed by atoms with E-state index in [0.29, 0.717) is 6.67 Å². The molecule has 0 spiro atoms. The molecular formula is C17H19N5. The SMILES string of the molecule is Nc1ccc(N2CCN(c3ccccc3)CC2)c2c1=NCN=2. The van der Waals surface area contributed by atoms with E-state index in [1.54, 1.807) is 0 Å². The van der Waals surface area contributed by atoms with E-state index in [1.807, 2.05) is 6.07 Å². The molecule has 0 bridgehead atoms. The molecule has 2 aromatic carbocycles. The predicted molar refractivity (Wildman–Crippen MR) is 88.9 cm³/mol. The van der Waals surface area contributed by atoms with Gasteiger partial charge in [-0.1, -0.05) is 18.2 Å². The van der Waals surface area contributed by atoms with Crippen LogP contribution < -0.4 is 26.2 Å². The highest BCUT2D eigenvalue weighted by Crippen LogP contribution is 2.18. The quantitative estimate of drug-likeness (QED) is 0.834. The molecule has 0 atom stereocenters. The van der Waals surface area contributed by atoms with E-state index in [9.17, 15) is 0 Å². The number of piperazine rings is 1. The zero-order chi connectivity index (χ0) is 14.9. The van der Waals surface area contributed by atoms with Crippen LogP contribution in [0.5, 0.6) is 0 Å². The molecule has 1 saturated heterocycles. The zero-order valence-corrected chi connectivity index (χ0v) is 12.4. The summed E-state index contributed by atoms with van der Waals surface area (Å²) in [6.07, 6.45) is 0. The molecule has 0 saturated carbocycles. The van der Waals surface area contributed by atoms with Crippen molar-refractivity contribution >= 4 is 17.1 Å². The van der Waals surface area contributed by atoms with Gasteiger partial charge in [0.1, 0.15) is 17.4 Å². The fourth-order valence-corrected chi connectivity index (χ4v) is 3.18. The van der Waals surface area contributed by atoms with Gasteiger partial charge < -0.3 is 15.5 Å². The molecular weight excluding hydrogens is 274 g/mol. The lowest BCUT2D eigenvalue weighted by molar-refractivity contribution is 0.651. The summed E-state index contributed by atoms with van der Waals surface area (Å²) in [5.41, 5.74) is 9.17. The average Bonchev–Trinajstić information content (AvgIpc) is 3.07. The molecule has 4 rings (SSSR count). The second-order valence-electron chi connectivity index (χ2n) is 5.64. The molecule has 1 fully saturated rings. The van der Waals surface area contributed by atoms with Crippen molar-refractivity contribution in [1.82, 2.24) is 0 Å². The summed E-state index contributed by atoms with van der Waals surface area (Å²) in [5.74, 6) is 0. The number of hydrogen-bond acceptors (Lipinski definition) is 5. The summed E-state index contributed by atoms with van der Waals surface area (Å²) in [6.45, 7) is 4.50. The van der Waals surface area contributed by atoms with E-state index in [2.05, 4.69) is 56.2 Å². The molecule has 112 valence electrons. The maximum atomic E-state index is 5.99. The summed E-state index contributed by atoms with van der Waals surface area (Å²) in [7, 11) is 0. The van der Waals surface area contributed by atoms with E-state index >= 15 is 0 Å². The van der Waals surface area contributed by atoms with Crippen LogP contribution in [-0.2, 0) is 0 Å². The second-order valence-corrected chi connectivity index (χ2v) is 5.64. The van der Waals surface area contributed by atoms with E-state index in [0.717, 1.165) is 48.3 Å². The van der Waals surface area contributed by atoms with Crippen LogP contribution in [0.2, 0.25) is 0 Å². The predicted octanol–water partition coefficient (Wildman–Crippen LogP) is 0.806. The number of nitrogens with two attached hydrogens (primary N) is 1. The molecule has 0 aliphatic carbocycles. The fourth-order valence-electron chi connectivity index (χ4n) is 3.18. The summed E-state index contributed by atoms with van der Waals surface area (Å²) in [4.78, 5) is 13.7. The van der Waals surface area contributed by atoms with Crippen LogP contribution >= 0.6 is 0 Å². The van der Waals surface area contributed by atoms with Crippen molar-refractivity contribution in [2.75, 3.05) is 48.4 Å². The smallest absolute Gasteiger partial charge is 0.131 e. The third-order valence-corrected chi connectivity index (χ3v) is 4.36. The first-order valence-electron chi connectivity index (χ1n) is 7.65. The highest BCUT2D eigenvalue weighted by Gasteiger charge is 2.19. The van der Waals surface area contributed by atoms with Crippen molar-refractivity contribution in [2.24, 2.45) is 9.98 Å². The lowest BCUT2D eigenvalue weighted by atomic mass is 10.2. The first-order chi connectivity index (χ1) is 10.8. The molecule has 2 N–H and O–H groups in total. The molecule has 0 radical (unpaired) electrons. The minimum Gasteiger partial charge on any atom is -0.397 e. The summed E-state index contributed by atoms with van der Waals surface area (Å²) in [6, 6.07) is 14.6. The van der Waals surface area contributed by atoms with Crippen molar-refractivity contribution in [2.45, 2.75) is 0 Å². The number of rotatable bonds is 2. The molecule has 22 heavy (non-hydrogen) atoms. The Balaban J connectivity index is 1.56. The van der Waals surface area contributed by atoms with Crippen molar-refractivity contribution in [1.29, 1.82) is 0 Å². The van der Waals surface area contributed by atoms with Gasteiger partial charge in [-0.3, -0.25) is 9.98 Å². The number of benzene rings is 2. The highest BCUT2D eigenvalue weighted by molar-refractivity contribution is 5.55. The largest absolute Gasteiger partial charge is 0.397 e. The molecule has 2 heterocycles.